The Kier molecular flexibility index (Phi) is 6.85. The van der Waals surface area contributed by atoms with Crippen molar-refractivity contribution in [1.29, 1.82) is 0 Å². The van der Waals surface area contributed by atoms with Gasteiger partial charge in [-0.25, -0.2) is 0 Å². The Morgan fingerprint density at radius 3 is 2.62 bits per heavy atom. The van der Waals surface area contributed by atoms with Crippen LogP contribution in [0.4, 0.5) is 0 Å². The van der Waals surface area contributed by atoms with E-state index in [4.69, 9.17) is 5.11 Å². The number of hydrogen-bond donors (Lipinski definition) is 2. The lowest BCUT2D eigenvalue weighted by molar-refractivity contribution is 0.292. The molecule has 2 N–H and O–H groups in total. The van der Waals surface area contributed by atoms with Crippen molar-refractivity contribution in [2.75, 3.05) is 19.7 Å². The zero-order valence-corrected chi connectivity index (χ0v) is 5.19. The predicted molar refractivity (Wildman–Crippen MR) is 34.5 cm³/mol. The van der Waals surface area contributed by atoms with Gasteiger partial charge in [0.2, 0.25) is 0 Å². The second-order valence-electron chi connectivity index (χ2n) is 1.68. The van der Waals surface area contributed by atoms with E-state index in [-0.39, 0.29) is 6.61 Å². The quantitative estimate of drug-likeness (QED) is 0.502. The van der Waals surface area contributed by atoms with Gasteiger partial charge in [-0.15, -0.1) is 0 Å². The molecule has 0 saturated heterocycles. The van der Waals surface area contributed by atoms with Crippen molar-refractivity contribution in [2.24, 2.45) is 0 Å². The first kappa shape index (κ1) is 7.92. The second-order valence-corrected chi connectivity index (χ2v) is 1.68. The second kappa shape index (κ2) is 6.92. The molecule has 0 unspecified atom stereocenters. The van der Waals surface area contributed by atoms with Gasteiger partial charge in [0, 0.05) is 6.54 Å². The minimum atomic E-state index is 0.233. The van der Waals surface area contributed by atoms with Crippen molar-refractivity contribution in [3.8, 4) is 0 Å². The number of aliphatic hydroxyl groups excluding tert-OH is 1. The predicted octanol–water partition coefficient (Wildman–Crippen LogP) is 0.183. The zero-order valence-electron chi connectivity index (χ0n) is 5.19. The summed E-state index contributed by atoms with van der Waals surface area (Å²) in [5.74, 6) is 0. The molecule has 0 rings (SSSR count). The molecule has 0 spiro atoms. The molecular weight excluding hydrogens is 102 g/mol. The van der Waals surface area contributed by atoms with Crippen LogP contribution < -0.4 is 5.32 Å². The molecule has 0 atom stereocenters. The average molecular weight is 116 g/mol. The van der Waals surface area contributed by atoms with Gasteiger partial charge in [0.05, 0.1) is 6.61 Å². The Hall–Kier alpha value is -0.0800. The maximum atomic E-state index is 8.29. The Bertz CT molecular complexity index is 33.5. The summed E-state index contributed by atoms with van der Waals surface area (Å²) in [6.45, 7) is 5.60. The number of hydrogen-bond acceptors (Lipinski definition) is 2. The van der Waals surface area contributed by atoms with Crippen molar-refractivity contribution in [1.82, 2.24) is 5.32 Å². The van der Waals surface area contributed by atoms with Crippen molar-refractivity contribution in [3.63, 3.8) is 0 Å². The fourth-order valence-corrected chi connectivity index (χ4v) is 0.454. The van der Waals surface area contributed by atoms with Crippen LogP contribution in [0.25, 0.3) is 0 Å². The Balaban J connectivity index is 2.53. The van der Waals surface area contributed by atoms with E-state index in [0.717, 1.165) is 19.4 Å². The maximum Gasteiger partial charge on any atom is 0.0555 e. The first-order chi connectivity index (χ1) is 3.91. The average Bonchev–Trinajstić information content (AvgIpc) is 1.81. The largest absolute Gasteiger partial charge is 0.395 e. The van der Waals surface area contributed by atoms with Crippen LogP contribution in [0.2, 0.25) is 0 Å². The van der Waals surface area contributed by atoms with E-state index in [9.17, 15) is 0 Å². The van der Waals surface area contributed by atoms with Gasteiger partial charge in [-0.3, -0.25) is 0 Å². The molecule has 0 heterocycles. The number of rotatable bonds is 5. The molecule has 0 aromatic carbocycles. The van der Waals surface area contributed by atoms with Crippen LogP contribution in [-0.2, 0) is 0 Å². The van der Waals surface area contributed by atoms with Crippen LogP contribution in [0.5, 0.6) is 0 Å². The molecule has 0 aliphatic carbocycles. The van der Waals surface area contributed by atoms with Gasteiger partial charge >= 0.3 is 0 Å². The summed E-state index contributed by atoms with van der Waals surface area (Å²) in [5, 5.41) is 11.3. The topological polar surface area (TPSA) is 32.3 Å². The molecule has 0 amide bonds. The molecule has 49 valence electrons. The highest BCUT2D eigenvalue weighted by Gasteiger charge is 1.81. The lowest BCUT2D eigenvalue weighted by Gasteiger charge is -1.97. The summed E-state index contributed by atoms with van der Waals surface area (Å²) in [6.07, 6.45) is 2.07. The SMILES string of the molecule is [CH2]CCCNCCO. The molecule has 1 radical (unpaired) electrons. The maximum absolute atomic E-state index is 8.29. The smallest absolute Gasteiger partial charge is 0.0555 e. The highest BCUT2D eigenvalue weighted by Crippen LogP contribution is 1.79. The highest BCUT2D eigenvalue weighted by molar-refractivity contribution is 4.46. The third kappa shape index (κ3) is 5.92. The summed E-state index contributed by atoms with van der Waals surface area (Å²) >= 11 is 0. The number of unbranched alkanes of at least 4 members (excludes halogenated alkanes) is 1. The summed E-state index contributed by atoms with van der Waals surface area (Å²) < 4.78 is 0. The van der Waals surface area contributed by atoms with E-state index in [1.165, 1.54) is 0 Å². The van der Waals surface area contributed by atoms with Crippen molar-refractivity contribution < 1.29 is 5.11 Å². The standard InChI is InChI=1S/C6H14NO/c1-2-3-4-7-5-6-8/h7-8H,1-6H2. The van der Waals surface area contributed by atoms with Gasteiger partial charge in [0.15, 0.2) is 0 Å². The molecule has 0 aliphatic heterocycles. The molecule has 2 heteroatoms. The summed E-state index contributed by atoms with van der Waals surface area (Å²) in [7, 11) is 0. The van der Waals surface area contributed by atoms with Crippen molar-refractivity contribution in [3.05, 3.63) is 6.92 Å². The minimum absolute atomic E-state index is 0.233. The third-order valence-electron chi connectivity index (χ3n) is 0.892. The van der Waals surface area contributed by atoms with E-state index < -0.39 is 0 Å². The van der Waals surface area contributed by atoms with Gasteiger partial charge in [0.25, 0.3) is 0 Å². The molecule has 2 nitrogen and oxygen atoms in total. The van der Waals surface area contributed by atoms with Crippen LogP contribution in [0.1, 0.15) is 12.8 Å². The van der Waals surface area contributed by atoms with Crippen molar-refractivity contribution >= 4 is 0 Å². The van der Waals surface area contributed by atoms with Gasteiger partial charge in [-0.05, 0) is 13.0 Å². The van der Waals surface area contributed by atoms with Gasteiger partial charge in [-0.1, -0.05) is 13.3 Å². The molecule has 0 fully saturated rings. The van der Waals surface area contributed by atoms with E-state index >= 15 is 0 Å². The number of aliphatic hydroxyl groups is 1. The first-order valence-electron chi connectivity index (χ1n) is 3.02. The minimum Gasteiger partial charge on any atom is -0.395 e. The van der Waals surface area contributed by atoms with Crippen LogP contribution >= 0.6 is 0 Å². The zero-order chi connectivity index (χ0) is 6.24. The van der Waals surface area contributed by atoms with Crippen LogP contribution in [0.3, 0.4) is 0 Å². The third-order valence-corrected chi connectivity index (χ3v) is 0.892. The Morgan fingerprint density at radius 2 is 2.12 bits per heavy atom. The normalized spacial score (nSPS) is 9.75. The molecule has 0 aromatic rings. The first-order valence-corrected chi connectivity index (χ1v) is 3.02. The van der Waals surface area contributed by atoms with Crippen LogP contribution in [0.15, 0.2) is 0 Å². The summed E-state index contributed by atoms with van der Waals surface area (Å²) in [5.41, 5.74) is 0. The van der Waals surface area contributed by atoms with E-state index in [1.807, 2.05) is 0 Å². The molecule has 0 aromatic heterocycles. The van der Waals surface area contributed by atoms with Crippen LogP contribution in [-0.4, -0.2) is 24.8 Å². The van der Waals surface area contributed by atoms with E-state index in [1.54, 1.807) is 0 Å². The monoisotopic (exact) mass is 116 g/mol. The molecule has 0 aliphatic rings. The molecule has 0 bridgehead atoms. The van der Waals surface area contributed by atoms with Crippen LogP contribution in [0, 0.1) is 6.92 Å². The van der Waals surface area contributed by atoms with Crippen molar-refractivity contribution in [2.45, 2.75) is 12.8 Å². The van der Waals surface area contributed by atoms with E-state index in [2.05, 4.69) is 12.2 Å². The highest BCUT2D eigenvalue weighted by atomic mass is 16.3. The Labute approximate surface area is 50.9 Å². The summed E-state index contributed by atoms with van der Waals surface area (Å²) in [4.78, 5) is 0. The fraction of sp³-hybridized carbons (Fsp3) is 0.833. The van der Waals surface area contributed by atoms with Gasteiger partial charge < -0.3 is 10.4 Å². The lowest BCUT2D eigenvalue weighted by Crippen LogP contribution is -2.18. The Morgan fingerprint density at radius 1 is 1.38 bits per heavy atom. The fourth-order valence-electron chi connectivity index (χ4n) is 0.454. The van der Waals surface area contributed by atoms with Gasteiger partial charge in [0.1, 0.15) is 0 Å². The van der Waals surface area contributed by atoms with Gasteiger partial charge in [-0.2, -0.15) is 0 Å². The molecular formula is C6H14NO. The lowest BCUT2D eigenvalue weighted by atomic mass is 10.3. The molecule has 0 saturated carbocycles. The number of nitrogens with one attached hydrogen (secondary N) is 1. The van der Waals surface area contributed by atoms with E-state index in [0.29, 0.717) is 6.54 Å². The summed E-state index contributed by atoms with van der Waals surface area (Å²) in [6, 6.07) is 0. The molecule has 8 heavy (non-hydrogen) atoms.